The number of nitrogens with zero attached hydrogens (tertiary/aromatic N) is 2. The van der Waals surface area contributed by atoms with E-state index in [1.165, 1.54) is 35.1 Å². The zero-order valence-corrected chi connectivity index (χ0v) is 8.38. The molecule has 0 atom stereocenters. The van der Waals surface area contributed by atoms with E-state index in [0.717, 1.165) is 0 Å². The van der Waals surface area contributed by atoms with Crippen LogP contribution in [0.25, 0.3) is 0 Å². The van der Waals surface area contributed by atoms with Gasteiger partial charge in [-0.3, -0.25) is 0 Å². The minimum Gasteiger partial charge on any atom is -0.365 e. The fourth-order valence-electron chi connectivity index (χ4n) is 0.685. The Bertz CT molecular complexity index is 360. The van der Waals surface area contributed by atoms with Gasteiger partial charge in [0.1, 0.15) is 0 Å². The van der Waals surface area contributed by atoms with Crippen LogP contribution in [0, 0.1) is 0 Å². The Labute approximate surface area is 87.0 Å². The molecule has 0 unspecified atom stereocenters. The lowest BCUT2D eigenvalue weighted by molar-refractivity contribution is 0.151. The van der Waals surface area contributed by atoms with E-state index in [1.807, 2.05) is 0 Å². The van der Waals surface area contributed by atoms with Crippen molar-refractivity contribution in [1.29, 1.82) is 0 Å². The molecule has 5 nitrogen and oxygen atoms in total. The van der Waals surface area contributed by atoms with Crippen molar-refractivity contribution in [3.05, 3.63) is 23.2 Å². The van der Waals surface area contributed by atoms with Gasteiger partial charge >= 0.3 is 6.16 Å². The fourth-order valence-corrected chi connectivity index (χ4v) is 1.64. The maximum Gasteiger partial charge on any atom is 0.523 e. The molecule has 0 aliphatic rings. The van der Waals surface area contributed by atoms with Gasteiger partial charge in [0, 0.05) is 23.2 Å². The second kappa shape index (κ2) is 4.16. The maximum atomic E-state index is 11.1. The molecule has 14 heavy (non-hydrogen) atoms. The molecule has 0 bridgehead atoms. The van der Waals surface area contributed by atoms with Crippen molar-refractivity contribution in [3.63, 3.8) is 0 Å². The van der Waals surface area contributed by atoms with Gasteiger partial charge in [-0.2, -0.15) is 0 Å². The van der Waals surface area contributed by atoms with Gasteiger partial charge in [-0.15, -0.1) is 0 Å². The molecule has 2 rings (SSSR count). The minimum absolute atomic E-state index is 0.256. The highest BCUT2D eigenvalue weighted by Crippen LogP contribution is 2.17. The monoisotopic (exact) mass is 228 g/mol. The second-order valence-electron chi connectivity index (χ2n) is 2.05. The van der Waals surface area contributed by atoms with Gasteiger partial charge in [0.15, 0.2) is 0 Å². The van der Waals surface area contributed by atoms with Crippen molar-refractivity contribution >= 4 is 28.8 Å². The van der Waals surface area contributed by atoms with Crippen LogP contribution in [0.4, 0.5) is 4.79 Å². The third kappa shape index (κ3) is 2.27. The summed E-state index contributed by atoms with van der Waals surface area (Å²) in [7, 11) is 0. The summed E-state index contributed by atoms with van der Waals surface area (Å²) in [5, 5.41) is 3.91. The van der Waals surface area contributed by atoms with Crippen LogP contribution in [-0.4, -0.2) is 16.1 Å². The fraction of sp³-hybridized carbons (Fsp3) is 0. The molecule has 0 spiro atoms. The SMILES string of the molecule is O=C(Oc1nccs1)Oc1nccs1. The molecule has 2 aromatic heterocycles. The lowest BCUT2D eigenvalue weighted by atomic mass is 11.0. The average Bonchev–Trinajstić information content (AvgIpc) is 2.76. The van der Waals surface area contributed by atoms with Crippen LogP contribution in [0.15, 0.2) is 23.2 Å². The van der Waals surface area contributed by atoms with Crippen LogP contribution in [0.1, 0.15) is 0 Å². The van der Waals surface area contributed by atoms with Crippen LogP contribution >= 0.6 is 22.7 Å². The number of carbonyl (C=O) groups is 1. The molecule has 2 heterocycles. The van der Waals surface area contributed by atoms with E-state index in [1.54, 1.807) is 10.8 Å². The van der Waals surface area contributed by atoms with Crippen molar-refractivity contribution in [1.82, 2.24) is 9.97 Å². The molecule has 0 N–H and O–H groups in total. The summed E-state index contributed by atoms with van der Waals surface area (Å²) in [5.74, 6) is 0. The van der Waals surface area contributed by atoms with Crippen LogP contribution in [0.3, 0.4) is 0 Å². The van der Waals surface area contributed by atoms with E-state index in [-0.39, 0.29) is 10.4 Å². The zero-order chi connectivity index (χ0) is 9.80. The van der Waals surface area contributed by atoms with Gasteiger partial charge < -0.3 is 9.47 Å². The van der Waals surface area contributed by atoms with Crippen LogP contribution in [0.2, 0.25) is 0 Å². The normalized spacial score (nSPS) is 9.71. The summed E-state index contributed by atoms with van der Waals surface area (Å²) in [6.45, 7) is 0. The molecule has 0 amide bonds. The Morgan fingerprint density at radius 3 is 1.93 bits per heavy atom. The Kier molecular flexibility index (Phi) is 2.70. The lowest BCUT2D eigenvalue weighted by Crippen LogP contribution is -2.13. The van der Waals surface area contributed by atoms with Gasteiger partial charge in [-0.05, 0) is 0 Å². The van der Waals surface area contributed by atoms with Crippen molar-refractivity contribution in [2.75, 3.05) is 0 Å². The summed E-state index contributed by atoms with van der Waals surface area (Å²) in [6, 6.07) is 0. The first-order valence-electron chi connectivity index (χ1n) is 3.53. The average molecular weight is 228 g/mol. The number of ether oxygens (including phenoxy) is 2. The predicted molar refractivity (Wildman–Crippen MR) is 50.9 cm³/mol. The highest BCUT2D eigenvalue weighted by Gasteiger charge is 2.10. The second-order valence-corrected chi connectivity index (χ2v) is 3.76. The molecule has 0 fully saturated rings. The number of hydrogen-bond donors (Lipinski definition) is 0. The standard InChI is InChI=1S/C7H4N2O3S2/c10-7(11-5-8-1-3-13-5)12-6-9-2-4-14-6/h1-4H. The van der Waals surface area contributed by atoms with Crippen LogP contribution < -0.4 is 9.47 Å². The molecular formula is C7H4N2O3S2. The van der Waals surface area contributed by atoms with E-state index in [0.29, 0.717) is 0 Å². The largest absolute Gasteiger partial charge is 0.523 e. The minimum atomic E-state index is -0.824. The quantitative estimate of drug-likeness (QED) is 0.737. The molecule has 72 valence electrons. The van der Waals surface area contributed by atoms with Crippen molar-refractivity contribution in [2.24, 2.45) is 0 Å². The van der Waals surface area contributed by atoms with Gasteiger partial charge in [0.25, 0.3) is 10.4 Å². The summed E-state index contributed by atoms with van der Waals surface area (Å²) in [4.78, 5) is 18.6. The molecule has 2 aromatic rings. The summed E-state index contributed by atoms with van der Waals surface area (Å²) < 4.78 is 9.48. The molecule has 0 saturated heterocycles. The van der Waals surface area contributed by atoms with Crippen LogP contribution in [-0.2, 0) is 0 Å². The molecular weight excluding hydrogens is 224 g/mol. The lowest BCUT2D eigenvalue weighted by Gasteiger charge is -1.97. The Hall–Kier alpha value is -1.47. The van der Waals surface area contributed by atoms with Crippen molar-refractivity contribution in [2.45, 2.75) is 0 Å². The van der Waals surface area contributed by atoms with E-state index >= 15 is 0 Å². The maximum absolute atomic E-state index is 11.1. The van der Waals surface area contributed by atoms with E-state index < -0.39 is 6.16 Å². The molecule has 0 saturated carbocycles. The summed E-state index contributed by atoms with van der Waals surface area (Å²) >= 11 is 2.43. The number of rotatable bonds is 2. The number of aromatic nitrogens is 2. The van der Waals surface area contributed by atoms with Gasteiger partial charge in [-0.25, -0.2) is 14.8 Å². The Balaban J connectivity index is 1.91. The number of thiazole rings is 2. The summed E-state index contributed by atoms with van der Waals surface area (Å²) in [6.07, 6.45) is 2.25. The summed E-state index contributed by atoms with van der Waals surface area (Å²) in [5.41, 5.74) is 0. The highest BCUT2D eigenvalue weighted by molar-refractivity contribution is 7.11. The topological polar surface area (TPSA) is 61.3 Å². The van der Waals surface area contributed by atoms with E-state index in [9.17, 15) is 4.79 Å². The van der Waals surface area contributed by atoms with Crippen molar-refractivity contribution < 1.29 is 14.3 Å². The third-order valence-corrected chi connectivity index (χ3v) is 2.46. The smallest absolute Gasteiger partial charge is 0.365 e. The van der Waals surface area contributed by atoms with E-state index in [2.05, 4.69) is 9.97 Å². The highest BCUT2D eigenvalue weighted by atomic mass is 32.1. The van der Waals surface area contributed by atoms with Gasteiger partial charge in [0.05, 0.1) is 0 Å². The molecule has 7 heteroatoms. The number of hydrogen-bond acceptors (Lipinski definition) is 7. The first kappa shape index (κ1) is 9.10. The zero-order valence-electron chi connectivity index (χ0n) is 6.75. The molecule has 0 radical (unpaired) electrons. The first-order valence-corrected chi connectivity index (χ1v) is 5.29. The molecule has 0 aliphatic heterocycles. The molecule has 0 aromatic carbocycles. The van der Waals surface area contributed by atoms with Crippen molar-refractivity contribution in [3.8, 4) is 10.4 Å². The Morgan fingerprint density at radius 2 is 1.57 bits per heavy atom. The van der Waals surface area contributed by atoms with E-state index in [4.69, 9.17) is 9.47 Å². The number of carbonyl (C=O) groups excluding carboxylic acids is 1. The molecule has 0 aliphatic carbocycles. The van der Waals surface area contributed by atoms with Gasteiger partial charge in [0.2, 0.25) is 0 Å². The predicted octanol–water partition coefficient (Wildman–Crippen LogP) is 2.18. The van der Waals surface area contributed by atoms with Gasteiger partial charge in [-0.1, -0.05) is 22.7 Å². The third-order valence-electron chi connectivity index (χ3n) is 1.16. The Morgan fingerprint density at radius 1 is 1.07 bits per heavy atom. The van der Waals surface area contributed by atoms with Crippen LogP contribution in [0.5, 0.6) is 10.4 Å². The first-order chi connectivity index (χ1) is 6.84.